The molecule has 2 aromatic heterocycles. The molecule has 4 nitrogen and oxygen atoms in total. The molecule has 0 spiro atoms. The van der Waals surface area contributed by atoms with Gasteiger partial charge in [-0.1, -0.05) is 20.8 Å². The number of thiazole rings is 1. The Labute approximate surface area is 124 Å². The van der Waals surface area contributed by atoms with E-state index in [4.69, 9.17) is 4.98 Å². The molecule has 0 aliphatic carbocycles. The highest BCUT2D eigenvalue weighted by molar-refractivity contribution is 7.09. The van der Waals surface area contributed by atoms with Gasteiger partial charge in [0.25, 0.3) is 0 Å². The monoisotopic (exact) mass is 290 g/mol. The van der Waals surface area contributed by atoms with Crippen LogP contribution in [0.15, 0.2) is 11.4 Å². The van der Waals surface area contributed by atoms with Crippen molar-refractivity contribution in [3.05, 3.63) is 33.7 Å². The molecule has 0 aliphatic rings. The molecule has 20 heavy (non-hydrogen) atoms. The van der Waals surface area contributed by atoms with Gasteiger partial charge in [0, 0.05) is 29.1 Å². The van der Waals surface area contributed by atoms with E-state index in [0.29, 0.717) is 6.42 Å². The molecule has 0 aromatic carbocycles. The predicted octanol–water partition coefficient (Wildman–Crippen LogP) is 3.56. The molecule has 0 radical (unpaired) electrons. The summed E-state index contributed by atoms with van der Waals surface area (Å²) in [4.78, 5) is 13.8. The first-order valence-electron chi connectivity index (χ1n) is 6.92. The second-order valence-electron chi connectivity index (χ2n) is 5.89. The van der Waals surface area contributed by atoms with E-state index in [-0.39, 0.29) is 5.41 Å². The lowest BCUT2D eigenvalue weighted by Gasteiger charge is -2.19. The molecule has 0 aliphatic heterocycles. The van der Waals surface area contributed by atoms with E-state index in [1.54, 1.807) is 11.3 Å². The van der Waals surface area contributed by atoms with Gasteiger partial charge in [-0.25, -0.2) is 15.0 Å². The van der Waals surface area contributed by atoms with Crippen LogP contribution in [0.2, 0.25) is 0 Å². The zero-order valence-electron chi connectivity index (χ0n) is 12.8. The van der Waals surface area contributed by atoms with Crippen LogP contribution in [0.1, 0.15) is 49.9 Å². The average molecular weight is 290 g/mol. The molecule has 2 aromatic rings. The summed E-state index contributed by atoms with van der Waals surface area (Å²) in [6, 6.07) is 2.04. The fraction of sp³-hybridized carbons (Fsp3) is 0.533. The molecular weight excluding hydrogens is 268 g/mol. The van der Waals surface area contributed by atoms with Gasteiger partial charge in [-0.3, -0.25) is 0 Å². The van der Waals surface area contributed by atoms with Gasteiger partial charge < -0.3 is 5.32 Å². The number of nitrogens with one attached hydrogen (secondary N) is 1. The number of anilines is 1. The smallest absolute Gasteiger partial charge is 0.137 e. The average Bonchev–Trinajstić information content (AvgIpc) is 2.74. The molecule has 0 saturated heterocycles. The van der Waals surface area contributed by atoms with Crippen LogP contribution in [0.4, 0.5) is 5.82 Å². The Morgan fingerprint density at radius 3 is 2.50 bits per heavy atom. The Morgan fingerprint density at radius 2 is 1.95 bits per heavy atom. The van der Waals surface area contributed by atoms with E-state index in [0.717, 1.165) is 34.6 Å². The second kappa shape index (κ2) is 5.87. The summed E-state index contributed by atoms with van der Waals surface area (Å²) in [6.45, 7) is 11.4. The zero-order chi connectivity index (χ0) is 14.8. The van der Waals surface area contributed by atoms with Crippen molar-refractivity contribution in [1.29, 1.82) is 0 Å². The lowest BCUT2D eigenvalue weighted by atomic mass is 9.92. The highest BCUT2D eigenvalue weighted by Crippen LogP contribution is 2.23. The maximum atomic E-state index is 4.71. The van der Waals surface area contributed by atoms with Crippen molar-refractivity contribution in [3.8, 4) is 0 Å². The van der Waals surface area contributed by atoms with Crippen molar-refractivity contribution in [2.24, 2.45) is 0 Å². The van der Waals surface area contributed by atoms with Gasteiger partial charge in [-0.2, -0.15) is 0 Å². The maximum Gasteiger partial charge on any atom is 0.137 e. The molecule has 0 bridgehead atoms. The van der Waals surface area contributed by atoms with Gasteiger partial charge in [0.1, 0.15) is 16.6 Å². The third-order valence-electron chi connectivity index (χ3n) is 2.87. The molecular formula is C15H22N4S. The van der Waals surface area contributed by atoms with Gasteiger partial charge in [-0.05, 0) is 13.8 Å². The quantitative estimate of drug-likeness (QED) is 0.935. The molecule has 0 saturated carbocycles. The molecule has 0 atom stereocenters. The Kier molecular flexibility index (Phi) is 4.38. The van der Waals surface area contributed by atoms with E-state index in [1.165, 1.54) is 0 Å². The minimum absolute atomic E-state index is 0.0145. The van der Waals surface area contributed by atoms with Gasteiger partial charge in [0.05, 0.1) is 12.1 Å². The highest BCUT2D eigenvalue weighted by Gasteiger charge is 2.18. The number of aryl methyl sites for hydroxylation is 1. The zero-order valence-corrected chi connectivity index (χ0v) is 13.6. The third kappa shape index (κ3) is 3.76. The van der Waals surface area contributed by atoms with Crippen molar-refractivity contribution in [1.82, 2.24) is 15.0 Å². The first kappa shape index (κ1) is 14.9. The maximum absolute atomic E-state index is 4.71. The predicted molar refractivity (Wildman–Crippen MR) is 84.6 cm³/mol. The second-order valence-corrected chi connectivity index (χ2v) is 6.84. The Balaban J connectivity index is 2.33. The molecule has 0 fully saturated rings. The van der Waals surface area contributed by atoms with Crippen LogP contribution in [-0.4, -0.2) is 21.5 Å². The van der Waals surface area contributed by atoms with E-state index in [2.05, 4.69) is 48.4 Å². The first-order chi connectivity index (χ1) is 9.38. The number of hydrogen-bond donors (Lipinski definition) is 1. The van der Waals surface area contributed by atoms with Crippen LogP contribution < -0.4 is 5.32 Å². The summed E-state index contributed by atoms with van der Waals surface area (Å²) in [5, 5.41) is 6.41. The molecule has 108 valence electrons. The Morgan fingerprint density at radius 1 is 1.20 bits per heavy atom. The minimum atomic E-state index is 0.0145. The molecule has 0 unspecified atom stereocenters. The summed E-state index contributed by atoms with van der Waals surface area (Å²) in [6.07, 6.45) is 0.695. The number of rotatable bonds is 4. The van der Waals surface area contributed by atoms with Crippen LogP contribution >= 0.6 is 11.3 Å². The van der Waals surface area contributed by atoms with E-state index < -0.39 is 0 Å². The third-order valence-corrected chi connectivity index (χ3v) is 3.84. The minimum Gasteiger partial charge on any atom is -0.370 e. The molecule has 5 heteroatoms. The lowest BCUT2D eigenvalue weighted by molar-refractivity contribution is 0.563. The van der Waals surface area contributed by atoms with Gasteiger partial charge in [-0.15, -0.1) is 11.3 Å². The van der Waals surface area contributed by atoms with Crippen molar-refractivity contribution in [2.75, 3.05) is 11.9 Å². The summed E-state index contributed by atoms with van der Waals surface area (Å²) < 4.78 is 0. The van der Waals surface area contributed by atoms with Gasteiger partial charge >= 0.3 is 0 Å². The van der Waals surface area contributed by atoms with Crippen LogP contribution in [0.3, 0.4) is 0 Å². The van der Waals surface area contributed by atoms with Crippen LogP contribution in [0, 0.1) is 6.92 Å². The van der Waals surface area contributed by atoms with Gasteiger partial charge in [0.2, 0.25) is 0 Å². The molecule has 2 rings (SSSR count). The molecule has 0 amide bonds. The number of nitrogens with zero attached hydrogens (tertiary/aromatic N) is 3. The van der Waals surface area contributed by atoms with Crippen molar-refractivity contribution in [2.45, 2.75) is 46.5 Å². The van der Waals surface area contributed by atoms with E-state index in [9.17, 15) is 0 Å². The number of aromatic nitrogens is 3. The van der Waals surface area contributed by atoms with Crippen LogP contribution in [0.25, 0.3) is 0 Å². The summed E-state index contributed by atoms with van der Waals surface area (Å²) in [5.74, 6) is 1.73. The summed E-state index contributed by atoms with van der Waals surface area (Å²) >= 11 is 1.67. The Hall–Kier alpha value is -1.49. The fourth-order valence-electron chi connectivity index (χ4n) is 1.85. The SMILES string of the molecule is CCNc1cc(C(C)(C)C)nc(Cc2nc(C)cs2)n1. The van der Waals surface area contributed by atoms with Crippen LogP contribution in [-0.2, 0) is 11.8 Å². The molecule has 1 N–H and O–H groups in total. The number of hydrogen-bond acceptors (Lipinski definition) is 5. The standard InChI is InChI=1S/C15H22N4S/c1-6-16-12-7-11(15(3,4)5)18-13(19-12)8-14-17-10(2)9-20-14/h7,9H,6,8H2,1-5H3,(H,16,18,19). The van der Waals surface area contributed by atoms with E-state index >= 15 is 0 Å². The largest absolute Gasteiger partial charge is 0.370 e. The first-order valence-corrected chi connectivity index (χ1v) is 7.79. The topological polar surface area (TPSA) is 50.7 Å². The van der Waals surface area contributed by atoms with E-state index in [1.807, 2.05) is 13.0 Å². The van der Waals surface area contributed by atoms with Gasteiger partial charge in [0.15, 0.2) is 0 Å². The fourth-order valence-corrected chi connectivity index (χ4v) is 2.62. The molecule has 2 heterocycles. The van der Waals surface area contributed by atoms with Crippen LogP contribution in [0.5, 0.6) is 0 Å². The summed E-state index contributed by atoms with van der Waals surface area (Å²) in [5.41, 5.74) is 2.14. The van der Waals surface area contributed by atoms with Crippen molar-refractivity contribution < 1.29 is 0 Å². The van der Waals surface area contributed by atoms with Crippen molar-refractivity contribution in [3.63, 3.8) is 0 Å². The summed E-state index contributed by atoms with van der Waals surface area (Å²) in [7, 11) is 0. The van der Waals surface area contributed by atoms with Crippen molar-refractivity contribution >= 4 is 17.2 Å². The Bertz CT molecular complexity index is 584. The normalized spacial score (nSPS) is 11.7. The highest BCUT2D eigenvalue weighted by atomic mass is 32.1. The lowest BCUT2D eigenvalue weighted by Crippen LogP contribution is -2.17.